The number of fused-ring (bicyclic) bond motifs is 2. The van der Waals surface area contributed by atoms with Crippen molar-refractivity contribution in [2.24, 2.45) is 16.7 Å². The van der Waals surface area contributed by atoms with E-state index in [0.717, 1.165) is 5.56 Å². The van der Waals surface area contributed by atoms with E-state index < -0.39 is 34.5 Å². The quantitative estimate of drug-likeness (QED) is 0.656. The lowest BCUT2D eigenvalue weighted by atomic mass is 9.53. The van der Waals surface area contributed by atoms with Gasteiger partial charge in [-0.25, -0.2) is 0 Å². The van der Waals surface area contributed by atoms with Crippen LogP contribution in [0.15, 0.2) is 42.5 Å². The van der Waals surface area contributed by atoms with E-state index in [9.17, 15) is 15.8 Å². The second-order valence-corrected chi connectivity index (χ2v) is 8.59. The first-order valence-corrected chi connectivity index (χ1v) is 10.2. The maximum Gasteiger partial charge on any atom is 0.245 e. The van der Waals surface area contributed by atoms with Crippen molar-refractivity contribution >= 4 is 29.1 Å². The maximum atomic E-state index is 10.3. The number of nitrogens with zero attached hydrogens (tertiary/aromatic N) is 3. The van der Waals surface area contributed by atoms with Crippen molar-refractivity contribution in [1.29, 1.82) is 21.2 Å². The molecule has 2 fully saturated rings. The molecule has 8 heteroatoms. The molecule has 0 radical (unpaired) electrons. The highest BCUT2D eigenvalue weighted by Crippen LogP contribution is 2.69. The van der Waals surface area contributed by atoms with Crippen LogP contribution in [-0.2, 0) is 15.3 Å². The van der Waals surface area contributed by atoms with Gasteiger partial charge in [0.1, 0.15) is 6.10 Å². The number of hydrogen-bond acceptors (Lipinski definition) is 6. The summed E-state index contributed by atoms with van der Waals surface area (Å²) in [5, 5.41) is 40.1. The Kier molecular flexibility index (Phi) is 4.76. The third-order valence-corrected chi connectivity index (χ3v) is 6.99. The summed E-state index contributed by atoms with van der Waals surface area (Å²) in [6.07, 6.45) is -1.17. The number of hydrogen-bond donors (Lipinski definition) is 1. The molecule has 2 aliphatic heterocycles. The number of nitriles is 3. The summed E-state index contributed by atoms with van der Waals surface area (Å²) < 4.78 is 12.4. The molecule has 2 aliphatic rings. The van der Waals surface area contributed by atoms with Gasteiger partial charge in [-0.3, -0.25) is 5.41 Å². The second-order valence-electron chi connectivity index (χ2n) is 7.75. The molecule has 2 aromatic carbocycles. The fourth-order valence-electron chi connectivity index (χ4n) is 4.78. The van der Waals surface area contributed by atoms with Crippen molar-refractivity contribution < 1.29 is 9.47 Å². The summed E-state index contributed by atoms with van der Waals surface area (Å²) in [5.41, 5.74) is -2.21. The predicted molar refractivity (Wildman–Crippen MR) is 113 cm³/mol. The first-order valence-electron chi connectivity index (χ1n) is 9.44. The SMILES string of the molecule is Cc1ccccc1C1OC2(c3ccc(Cl)cc3Cl)OC(=N)C(C#N)(C2C)C1(C#N)C#N. The van der Waals surface area contributed by atoms with E-state index in [1.54, 1.807) is 31.2 Å². The Hall–Kier alpha value is -3.08. The second kappa shape index (κ2) is 6.98. The lowest BCUT2D eigenvalue weighted by Gasteiger charge is -2.49. The van der Waals surface area contributed by atoms with E-state index in [0.29, 0.717) is 16.1 Å². The van der Waals surface area contributed by atoms with Gasteiger partial charge in [0, 0.05) is 10.6 Å². The highest BCUT2D eigenvalue weighted by molar-refractivity contribution is 6.35. The van der Waals surface area contributed by atoms with Crippen LogP contribution < -0.4 is 0 Å². The van der Waals surface area contributed by atoms with Gasteiger partial charge in [0.2, 0.25) is 17.1 Å². The zero-order valence-corrected chi connectivity index (χ0v) is 18.1. The Morgan fingerprint density at radius 2 is 1.71 bits per heavy atom. The Bertz CT molecular complexity index is 1230. The van der Waals surface area contributed by atoms with Gasteiger partial charge in [-0.2, -0.15) is 15.8 Å². The zero-order chi connectivity index (χ0) is 22.6. The molecule has 0 spiro atoms. The van der Waals surface area contributed by atoms with E-state index in [1.807, 2.05) is 31.2 Å². The van der Waals surface area contributed by atoms with Gasteiger partial charge < -0.3 is 9.47 Å². The van der Waals surface area contributed by atoms with E-state index in [2.05, 4.69) is 6.07 Å². The molecule has 31 heavy (non-hydrogen) atoms. The summed E-state index contributed by atoms with van der Waals surface area (Å²) in [6, 6.07) is 18.0. The van der Waals surface area contributed by atoms with Gasteiger partial charge in [-0.1, -0.05) is 54.4 Å². The number of benzene rings is 2. The third kappa shape index (κ3) is 2.43. The van der Waals surface area contributed by atoms with E-state index in [-0.39, 0.29) is 5.02 Å². The molecule has 4 rings (SSSR count). The highest BCUT2D eigenvalue weighted by atomic mass is 35.5. The number of ether oxygens (including phenoxy) is 2. The van der Waals surface area contributed by atoms with Crippen LogP contribution >= 0.6 is 23.2 Å². The van der Waals surface area contributed by atoms with Crippen molar-refractivity contribution in [2.75, 3.05) is 0 Å². The molecule has 2 saturated heterocycles. The summed E-state index contributed by atoms with van der Waals surface area (Å²) in [5.74, 6) is -3.04. The van der Waals surface area contributed by atoms with Crippen molar-refractivity contribution in [3.8, 4) is 18.2 Å². The molecular weight excluding hydrogens is 435 g/mol. The van der Waals surface area contributed by atoms with Crippen molar-refractivity contribution in [2.45, 2.75) is 25.7 Å². The number of aryl methyl sites for hydroxylation is 1. The molecule has 4 atom stereocenters. The van der Waals surface area contributed by atoms with Crippen LogP contribution in [-0.4, -0.2) is 5.90 Å². The molecule has 2 aromatic rings. The van der Waals surface area contributed by atoms with Crippen LogP contribution in [0.1, 0.15) is 29.7 Å². The average Bonchev–Trinajstić information content (AvgIpc) is 2.90. The smallest absolute Gasteiger partial charge is 0.245 e. The Balaban J connectivity index is 2.09. The average molecular weight is 451 g/mol. The van der Waals surface area contributed by atoms with Gasteiger partial charge >= 0.3 is 0 Å². The zero-order valence-electron chi connectivity index (χ0n) is 16.6. The first kappa shape index (κ1) is 21.2. The lowest BCUT2D eigenvalue weighted by Crippen LogP contribution is -2.57. The number of halogens is 2. The van der Waals surface area contributed by atoms with Gasteiger partial charge in [0.15, 0.2) is 5.41 Å². The molecule has 6 nitrogen and oxygen atoms in total. The normalized spacial score (nSPS) is 30.5. The van der Waals surface area contributed by atoms with Crippen molar-refractivity contribution in [3.63, 3.8) is 0 Å². The summed E-state index contributed by atoms with van der Waals surface area (Å²) in [7, 11) is 0. The van der Waals surface area contributed by atoms with Crippen LogP contribution in [0.3, 0.4) is 0 Å². The van der Waals surface area contributed by atoms with E-state index in [1.165, 1.54) is 6.07 Å². The first-order chi connectivity index (χ1) is 14.7. The van der Waals surface area contributed by atoms with Gasteiger partial charge in [0.25, 0.3) is 0 Å². The third-order valence-electron chi connectivity index (χ3n) is 6.45. The fraction of sp³-hybridized carbons (Fsp3) is 0.304. The van der Waals surface area contributed by atoms with E-state index in [4.69, 9.17) is 38.1 Å². The fourth-order valence-corrected chi connectivity index (χ4v) is 5.32. The van der Waals surface area contributed by atoms with Gasteiger partial charge in [-0.15, -0.1) is 0 Å². The highest BCUT2D eigenvalue weighted by Gasteiger charge is 2.80. The summed E-state index contributed by atoms with van der Waals surface area (Å²) in [6.45, 7) is 3.46. The minimum atomic E-state index is -2.02. The van der Waals surface area contributed by atoms with E-state index >= 15 is 0 Å². The molecular formula is C23H16Cl2N4O2. The summed E-state index contributed by atoms with van der Waals surface area (Å²) >= 11 is 12.6. The monoisotopic (exact) mass is 450 g/mol. The van der Waals surface area contributed by atoms with Crippen LogP contribution in [0.2, 0.25) is 10.0 Å². The molecule has 4 unspecified atom stereocenters. The van der Waals surface area contributed by atoms with Gasteiger partial charge in [0.05, 0.1) is 29.1 Å². The largest absolute Gasteiger partial charge is 0.443 e. The molecule has 1 N–H and O–H groups in total. The van der Waals surface area contributed by atoms with Gasteiger partial charge in [-0.05, 0) is 36.2 Å². The number of nitrogens with one attached hydrogen (secondary N) is 1. The van der Waals surface area contributed by atoms with Crippen molar-refractivity contribution in [1.82, 2.24) is 0 Å². The van der Waals surface area contributed by atoms with Crippen LogP contribution in [0.25, 0.3) is 0 Å². The molecule has 154 valence electrons. The molecule has 0 aromatic heterocycles. The molecule has 0 amide bonds. The topological polar surface area (TPSA) is 114 Å². The van der Waals surface area contributed by atoms with Crippen LogP contribution in [0, 0.1) is 63.1 Å². The predicted octanol–water partition coefficient (Wildman–Crippen LogP) is 5.41. The molecule has 0 aliphatic carbocycles. The van der Waals surface area contributed by atoms with Crippen LogP contribution in [0.5, 0.6) is 0 Å². The molecule has 0 saturated carbocycles. The van der Waals surface area contributed by atoms with Crippen LogP contribution in [0.4, 0.5) is 0 Å². The standard InChI is InChI=1S/C23H16Cl2N4O2/c1-13-5-3-4-6-16(13)19-21(10-26,11-27)22(12-28)14(2)23(30-19,31-20(22)29)17-8-7-15(24)9-18(17)25/h3-9,14,19,29H,1-2H3. The molecule has 2 bridgehead atoms. The summed E-state index contributed by atoms with van der Waals surface area (Å²) in [4.78, 5) is 0. The molecule has 2 heterocycles. The maximum absolute atomic E-state index is 10.3. The number of rotatable bonds is 2. The minimum absolute atomic E-state index is 0.228. The Morgan fingerprint density at radius 3 is 2.29 bits per heavy atom. The Morgan fingerprint density at radius 1 is 1.03 bits per heavy atom. The minimum Gasteiger partial charge on any atom is -0.443 e. The Labute approximate surface area is 189 Å². The lowest BCUT2D eigenvalue weighted by molar-refractivity contribution is -0.288. The van der Waals surface area contributed by atoms with Crippen molar-refractivity contribution in [3.05, 3.63) is 69.2 Å².